The fourth-order valence-electron chi connectivity index (χ4n) is 2.69. The average Bonchev–Trinajstić information content (AvgIpc) is 3.17. The molecule has 0 saturated heterocycles. The standard InChI is InChI=1S/C16H22FN3O2S/c1-20(2)15(13-4-3-5-14(17)10-13)11-19-23(21,22)12-16(6-7-16)8-9-18/h3-5,10,15,19H,6-8,11-12H2,1-2H3/t15-/m1/s1. The minimum atomic E-state index is -3.47. The second-order valence-electron chi connectivity index (χ2n) is 6.48. The molecule has 126 valence electrons. The first-order chi connectivity index (χ1) is 10.8. The van der Waals surface area contributed by atoms with E-state index in [0.29, 0.717) is 0 Å². The Balaban J connectivity index is 2.03. The molecule has 0 radical (unpaired) electrons. The second-order valence-corrected chi connectivity index (χ2v) is 8.28. The van der Waals surface area contributed by atoms with Crippen LogP contribution in [-0.4, -0.2) is 39.7 Å². The van der Waals surface area contributed by atoms with Gasteiger partial charge in [0.05, 0.1) is 11.8 Å². The lowest BCUT2D eigenvalue weighted by atomic mass is 10.1. The Hall–Kier alpha value is -1.49. The van der Waals surface area contributed by atoms with Crippen LogP contribution in [0.25, 0.3) is 0 Å². The first-order valence-electron chi connectivity index (χ1n) is 7.53. The Labute approximate surface area is 137 Å². The molecule has 0 aromatic heterocycles. The van der Waals surface area contributed by atoms with Crippen LogP contribution in [0.4, 0.5) is 4.39 Å². The van der Waals surface area contributed by atoms with Gasteiger partial charge in [0.15, 0.2) is 0 Å². The summed E-state index contributed by atoms with van der Waals surface area (Å²) >= 11 is 0. The second kappa shape index (κ2) is 6.95. The van der Waals surface area contributed by atoms with Crippen molar-refractivity contribution >= 4 is 10.0 Å². The summed E-state index contributed by atoms with van der Waals surface area (Å²) < 4.78 is 40.6. The van der Waals surface area contributed by atoms with Crippen molar-refractivity contribution in [1.29, 1.82) is 5.26 Å². The van der Waals surface area contributed by atoms with E-state index in [-0.39, 0.29) is 36.0 Å². The lowest BCUT2D eigenvalue weighted by Crippen LogP contribution is -2.37. The lowest BCUT2D eigenvalue weighted by molar-refractivity contribution is 0.298. The van der Waals surface area contributed by atoms with Crippen LogP contribution < -0.4 is 4.72 Å². The monoisotopic (exact) mass is 339 g/mol. The molecule has 0 spiro atoms. The molecule has 1 fully saturated rings. The van der Waals surface area contributed by atoms with E-state index < -0.39 is 10.0 Å². The van der Waals surface area contributed by atoms with E-state index in [1.54, 1.807) is 12.1 Å². The molecule has 0 bridgehead atoms. The zero-order valence-corrected chi connectivity index (χ0v) is 14.2. The summed E-state index contributed by atoms with van der Waals surface area (Å²) in [6.07, 6.45) is 1.83. The molecule has 0 aliphatic heterocycles. The van der Waals surface area contributed by atoms with Gasteiger partial charge < -0.3 is 4.90 Å². The largest absolute Gasteiger partial charge is 0.301 e. The summed E-state index contributed by atoms with van der Waals surface area (Å²) in [5.41, 5.74) is 0.350. The van der Waals surface area contributed by atoms with Crippen molar-refractivity contribution < 1.29 is 12.8 Å². The maximum absolute atomic E-state index is 13.4. The number of likely N-dealkylation sites (N-methyl/N-ethyl adjacent to an activating group) is 1. The van der Waals surface area contributed by atoms with Crippen molar-refractivity contribution in [3.63, 3.8) is 0 Å². The molecule has 1 saturated carbocycles. The summed E-state index contributed by atoms with van der Waals surface area (Å²) in [7, 11) is 0.176. The minimum Gasteiger partial charge on any atom is -0.301 e. The summed E-state index contributed by atoms with van der Waals surface area (Å²) in [6, 6.07) is 7.97. The fourth-order valence-corrected chi connectivity index (χ4v) is 4.40. The number of rotatable bonds is 8. The van der Waals surface area contributed by atoms with Crippen LogP contribution in [0.1, 0.15) is 30.9 Å². The fraction of sp³-hybridized carbons (Fsp3) is 0.562. The maximum atomic E-state index is 13.4. The third-order valence-electron chi connectivity index (χ3n) is 4.26. The SMILES string of the molecule is CN(C)[C@H](CNS(=O)(=O)CC1(CC#N)CC1)c1cccc(F)c1. The quantitative estimate of drug-likeness (QED) is 0.787. The lowest BCUT2D eigenvalue weighted by Gasteiger charge is -2.25. The van der Waals surface area contributed by atoms with Crippen LogP contribution >= 0.6 is 0 Å². The van der Waals surface area contributed by atoms with E-state index in [1.807, 2.05) is 19.0 Å². The summed E-state index contributed by atoms with van der Waals surface area (Å²) in [6.45, 7) is 0.168. The van der Waals surface area contributed by atoms with E-state index in [2.05, 4.69) is 10.8 Å². The van der Waals surface area contributed by atoms with Crippen LogP contribution in [0.5, 0.6) is 0 Å². The van der Waals surface area contributed by atoms with Gasteiger partial charge in [-0.15, -0.1) is 0 Å². The highest BCUT2D eigenvalue weighted by atomic mass is 32.2. The van der Waals surface area contributed by atoms with Gasteiger partial charge in [-0.05, 0) is 50.0 Å². The van der Waals surface area contributed by atoms with Crippen LogP contribution in [0.3, 0.4) is 0 Å². The summed E-state index contributed by atoms with van der Waals surface area (Å²) in [4.78, 5) is 1.85. The topological polar surface area (TPSA) is 73.2 Å². The third kappa shape index (κ3) is 4.99. The van der Waals surface area contributed by atoms with E-state index in [0.717, 1.165) is 18.4 Å². The average molecular weight is 339 g/mol. The number of nitriles is 1. The van der Waals surface area contributed by atoms with Crippen molar-refractivity contribution in [2.45, 2.75) is 25.3 Å². The summed E-state index contributed by atoms with van der Waals surface area (Å²) in [5, 5.41) is 8.80. The Morgan fingerprint density at radius 2 is 2.13 bits per heavy atom. The van der Waals surface area contributed by atoms with Crippen molar-refractivity contribution in [2.24, 2.45) is 5.41 Å². The third-order valence-corrected chi connectivity index (χ3v) is 5.86. The van der Waals surface area contributed by atoms with Gasteiger partial charge in [0.2, 0.25) is 10.0 Å². The van der Waals surface area contributed by atoms with Gasteiger partial charge in [0, 0.05) is 19.0 Å². The van der Waals surface area contributed by atoms with Crippen molar-refractivity contribution in [3.05, 3.63) is 35.6 Å². The molecular formula is C16H22FN3O2S. The number of nitrogens with zero attached hydrogens (tertiary/aromatic N) is 2. The molecule has 2 rings (SSSR count). The summed E-state index contributed by atoms with van der Waals surface area (Å²) in [5.74, 6) is -0.361. The van der Waals surface area contributed by atoms with Crippen molar-refractivity contribution in [2.75, 3.05) is 26.4 Å². The molecule has 1 aromatic rings. The Morgan fingerprint density at radius 1 is 1.43 bits per heavy atom. The number of sulfonamides is 1. The predicted molar refractivity (Wildman–Crippen MR) is 86.5 cm³/mol. The molecular weight excluding hydrogens is 317 g/mol. The highest BCUT2D eigenvalue weighted by molar-refractivity contribution is 7.89. The van der Waals surface area contributed by atoms with Crippen LogP contribution in [-0.2, 0) is 10.0 Å². The zero-order chi connectivity index (χ0) is 17.1. The molecule has 1 aliphatic rings. The predicted octanol–water partition coefficient (Wildman–Crippen LogP) is 2.04. The first-order valence-corrected chi connectivity index (χ1v) is 9.18. The highest BCUT2D eigenvalue weighted by Gasteiger charge is 2.46. The molecule has 0 heterocycles. The molecule has 0 amide bonds. The maximum Gasteiger partial charge on any atom is 0.212 e. The molecule has 0 unspecified atom stereocenters. The Bertz CT molecular complexity index is 694. The van der Waals surface area contributed by atoms with Crippen molar-refractivity contribution in [1.82, 2.24) is 9.62 Å². The zero-order valence-electron chi connectivity index (χ0n) is 13.4. The van der Waals surface area contributed by atoms with Gasteiger partial charge in [0.25, 0.3) is 0 Å². The number of hydrogen-bond donors (Lipinski definition) is 1. The molecule has 1 aromatic carbocycles. The number of hydrogen-bond acceptors (Lipinski definition) is 4. The van der Waals surface area contributed by atoms with E-state index >= 15 is 0 Å². The molecule has 7 heteroatoms. The van der Waals surface area contributed by atoms with Gasteiger partial charge in [-0.25, -0.2) is 17.5 Å². The molecule has 23 heavy (non-hydrogen) atoms. The Morgan fingerprint density at radius 3 is 2.65 bits per heavy atom. The van der Waals surface area contributed by atoms with Gasteiger partial charge in [0.1, 0.15) is 5.82 Å². The van der Waals surface area contributed by atoms with Crippen molar-refractivity contribution in [3.8, 4) is 6.07 Å². The number of benzene rings is 1. The van der Waals surface area contributed by atoms with Crippen LogP contribution in [0, 0.1) is 22.6 Å². The number of halogens is 1. The van der Waals surface area contributed by atoms with Gasteiger partial charge >= 0.3 is 0 Å². The number of nitrogens with one attached hydrogen (secondary N) is 1. The van der Waals surface area contributed by atoms with Gasteiger partial charge in [-0.1, -0.05) is 12.1 Å². The van der Waals surface area contributed by atoms with Gasteiger partial charge in [-0.2, -0.15) is 5.26 Å². The highest BCUT2D eigenvalue weighted by Crippen LogP contribution is 2.49. The van der Waals surface area contributed by atoms with E-state index in [1.165, 1.54) is 12.1 Å². The Kier molecular flexibility index (Phi) is 5.40. The van der Waals surface area contributed by atoms with E-state index in [9.17, 15) is 12.8 Å². The molecule has 1 N–H and O–H groups in total. The molecule has 1 aliphatic carbocycles. The minimum absolute atomic E-state index is 0.0170. The molecule has 1 atom stereocenters. The van der Waals surface area contributed by atoms with Crippen LogP contribution in [0.15, 0.2) is 24.3 Å². The molecule has 5 nitrogen and oxygen atoms in total. The smallest absolute Gasteiger partial charge is 0.212 e. The van der Waals surface area contributed by atoms with E-state index in [4.69, 9.17) is 5.26 Å². The normalized spacial score (nSPS) is 17.7. The van der Waals surface area contributed by atoms with Gasteiger partial charge in [-0.3, -0.25) is 0 Å². The van der Waals surface area contributed by atoms with Crippen LogP contribution in [0.2, 0.25) is 0 Å². The first kappa shape index (κ1) is 17.9.